The number of carboxylic acids is 2. The largest absolute Gasteiger partial charge is 0.483 e. The Kier molecular flexibility index (Phi) is 38.2. The summed E-state index contributed by atoms with van der Waals surface area (Å²) in [5, 5.41) is 40.0. The lowest BCUT2D eigenvalue weighted by atomic mass is 10.0. The quantitative estimate of drug-likeness (QED) is 0.0318. The van der Waals surface area contributed by atoms with Gasteiger partial charge in [0.1, 0.15) is 12.1 Å². The number of carbonyl (C=O) groups is 7. The van der Waals surface area contributed by atoms with Crippen LogP contribution in [0.2, 0.25) is 0 Å². The molecule has 0 aliphatic carbocycles. The SMILES string of the molecule is CCCCNC(=O)CCC(NC(=O)CCCCCCCCCCCCCCCCC(=O)O)C(=O)O.O=CNC(CO)C(=O)S.O=CO. The van der Waals surface area contributed by atoms with Gasteiger partial charge in [-0.05, 0) is 25.7 Å². The molecule has 0 heterocycles. The van der Waals surface area contributed by atoms with E-state index in [0.29, 0.717) is 25.8 Å². The predicted octanol–water partition coefficient (Wildman–Crippen LogP) is 3.83. The highest BCUT2D eigenvalue weighted by Gasteiger charge is 2.20. The molecule has 0 saturated heterocycles. The summed E-state index contributed by atoms with van der Waals surface area (Å²) in [7, 11) is 0. The van der Waals surface area contributed by atoms with Crippen molar-refractivity contribution in [3.63, 3.8) is 0 Å². The average molecular weight is 694 g/mol. The first-order valence-electron chi connectivity index (χ1n) is 16.6. The van der Waals surface area contributed by atoms with E-state index < -0.39 is 35.7 Å². The van der Waals surface area contributed by atoms with Crippen LogP contribution in [-0.4, -0.2) is 87.4 Å². The van der Waals surface area contributed by atoms with Crippen LogP contribution in [0.5, 0.6) is 0 Å². The van der Waals surface area contributed by atoms with Crippen LogP contribution in [0.15, 0.2) is 0 Å². The molecule has 47 heavy (non-hydrogen) atoms. The third-order valence-electron chi connectivity index (χ3n) is 6.94. The minimum Gasteiger partial charge on any atom is -0.483 e. The summed E-state index contributed by atoms with van der Waals surface area (Å²) >= 11 is 3.39. The van der Waals surface area contributed by atoms with E-state index in [1.54, 1.807) is 0 Å². The van der Waals surface area contributed by atoms with Crippen molar-refractivity contribution in [2.24, 2.45) is 0 Å². The van der Waals surface area contributed by atoms with Gasteiger partial charge >= 0.3 is 11.9 Å². The molecule has 274 valence electrons. The second-order valence-electron chi connectivity index (χ2n) is 11.0. The second-order valence-corrected chi connectivity index (χ2v) is 11.4. The molecule has 2 unspecified atom stereocenters. The fourth-order valence-electron chi connectivity index (χ4n) is 4.26. The molecule has 3 amide bonds. The molecule has 7 N–H and O–H groups in total. The van der Waals surface area contributed by atoms with Gasteiger partial charge in [-0.15, -0.1) is 12.6 Å². The van der Waals surface area contributed by atoms with Crippen molar-refractivity contribution in [2.75, 3.05) is 13.2 Å². The zero-order valence-corrected chi connectivity index (χ0v) is 28.9. The number of thiol groups is 1. The molecule has 0 saturated carbocycles. The Labute approximate surface area is 284 Å². The first-order valence-corrected chi connectivity index (χ1v) is 17.1. The van der Waals surface area contributed by atoms with Gasteiger partial charge in [-0.2, -0.15) is 0 Å². The summed E-state index contributed by atoms with van der Waals surface area (Å²) in [5.41, 5.74) is 0. The van der Waals surface area contributed by atoms with Crippen LogP contribution < -0.4 is 16.0 Å². The van der Waals surface area contributed by atoms with Crippen LogP contribution >= 0.6 is 12.6 Å². The maximum absolute atomic E-state index is 12.1. The monoisotopic (exact) mass is 693 g/mol. The molecule has 2 atom stereocenters. The molecule has 15 heteroatoms. The number of aliphatic hydroxyl groups is 1. The third-order valence-corrected chi connectivity index (χ3v) is 7.25. The molecule has 0 aromatic heterocycles. The lowest BCUT2D eigenvalue weighted by Crippen LogP contribution is -2.41. The van der Waals surface area contributed by atoms with E-state index in [9.17, 15) is 33.9 Å². The van der Waals surface area contributed by atoms with Crippen LogP contribution in [-0.2, 0) is 33.6 Å². The van der Waals surface area contributed by atoms with Crippen molar-refractivity contribution < 1.29 is 54.0 Å². The van der Waals surface area contributed by atoms with E-state index in [0.717, 1.165) is 57.8 Å². The highest BCUT2D eigenvalue weighted by atomic mass is 32.1. The number of carboxylic acid groups (broad SMARTS) is 3. The first kappa shape index (κ1) is 48.2. The van der Waals surface area contributed by atoms with Crippen LogP contribution in [0, 0.1) is 0 Å². The zero-order valence-electron chi connectivity index (χ0n) is 28.0. The maximum Gasteiger partial charge on any atom is 0.326 e. The summed E-state index contributed by atoms with van der Waals surface area (Å²) in [6.07, 6.45) is 18.6. The molecular formula is C32H59N3O11S. The van der Waals surface area contributed by atoms with E-state index in [1.807, 2.05) is 6.92 Å². The van der Waals surface area contributed by atoms with Crippen LogP contribution in [0.3, 0.4) is 0 Å². The van der Waals surface area contributed by atoms with Crippen LogP contribution in [0.1, 0.15) is 135 Å². The number of carbonyl (C=O) groups excluding carboxylic acids is 4. The molecule has 0 spiro atoms. The number of nitrogens with one attached hydrogen (secondary N) is 3. The summed E-state index contributed by atoms with van der Waals surface area (Å²) in [4.78, 5) is 73.9. The topological polar surface area (TPSA) is 236 Å². The maximum atomic E-state index is 12.1. The number of amides is 3. The lowest BCUT2D eigenvalue weighted by molar-refractivity contribution is -0.142. The number of hydrogen-bond donors (Lipinski definition) is 8. The van der Waals surface area contributed by atoms with Gasteiger partial charge < -0.3 is 36.4 Å². The molecule has 14 nitrogen and oxygen atoms in total. The molecular weight excluding hydrogens is 634 g/mol. The van der Waals surface area contributed by atoms with Crippen LogP contribution in [0.4, 0.5) is 0 Å². The smallest absolute Gasteiger partial charge is 0.326 e. The number of unbranched alkanes of at least 4 members (excludes halogenated alkanes) is 14. The molecule has 0 bridgehead atoms. The fourth-order valence-corrected chi connectivity index (χ4v) is 4.42. The third kappa shape index (κ3) is 38.9. The van der Waals surface area contributed by atoms with Crippen molar-refractivity contribution in [1.82, 2.24) is 16.0 Å². The molecule has 0 rings (SSSR count). The standard InChI is InChI=1S/C27H50N2O6.C4H7NO3S.CH2O2/c1-2-3-22-28-24(30)21-20-23(27(34)35)29-25(31)18-16-14-12-10-8-6-4-5-7-9-11-13-15-17-19-26(32)33;6-1-3(4(8)9)5-2-7;2-1-3/h23H,2-22H2,1H3,(H,28,30)(H,29,31)(H,32,33)(H,34,35);2-3,6H,1H2,(H,5,7)(H,8,9);1H,(H,2,3). The second kappa shape index (κ2) is 37.3. The molecule has 0 aliphatic rings. The summed E-state index contributed by atoms with van der Waals surface area (Å²) in [6, 6.07) is -1.89. The number of rotatable bonds is 29. The lowest BCUT2D eigenvalue weighted by Gasteiger charge is -2.14. The Morgan fingerprint density at radius 2 is 1.13 bits per heavy atom. The van der Waals surface area contributed by atoms with Gasteiger partial charge in [0.2, 0.25) is 23.3 Å². The van der Waals surface area contributed by atoms with Gasteiger partial charge in [0.15, 0.2) is 0 Å². The Morgan fingerprint density at radius 1 is 0.681 bits per heavy atom. The Balaban J connectivity index is -0.00000136. The molecule has 0 radical (unpaired) electrons. The van der Waals surface area contributed by atoms with Crippen molar-refractivity contribution in [1.29, 1.82) is 0 Å². The molecule has 0 aromatic rings. The molecule has 0 aromatic carbocycles. The molecule has 0 fully saturated rings. The van der Waals surface area contributed by atoms with E-state index in [-0.39, 0.29) is 31.1 Å². The van der Waals surface area contributed by atoms with Gasteiger partial charge in [-0.3, -0.25) is 28.8 Å². The van der Waals surface area contributed by atoms with Crippen molar-refractivity contribution in [3.8, 4) is 0 Å². The van der Waals surface area contributed by atoms with Gasteiger partial charge in [0, 0.05) is 25.8 Å². The minimum absolute atomic E-state index is 0.0928. The summed E-state index contributed by atoms with van der Waals surface area (Å²) < 4.78 is 0. The fraction of sp³-hybridized carbons (Fsp3) is 0.781. The van der Waals surface area contributed by atoms with E-state index in [2.05, 4.69) is 28.6 Å². The van der Waals surface area contributed by atoms with Gasteiger partial charge in [0.25, 0.3) is 6.47 Å². The molecule has 0 aliphatic heterocycles. The zero-order chi connectivity index (χ0) is 36.1. The minimum atomic E-state index is -1.10. The van der Waals surface area contributed by atoms with Gasteiger partial charge in [0.05, 0.1) is 6.61 Å². The predicted molar refractivity (Wildman–Crippen MR) is 181 cm³/mol. The van der Waals surface area contributed by atoms with Gasteiger partial charge in [-0.25, -0.2) is 4.79 Å². The summed E-state index contributed by atoms with van der Waals surface area (Å²) in [6.45, 7) is 1.96. The van der Waals surface area contributed by atoms with E-state index in [1.165, 1.54) is 44.9 Å². The van der Waals surface area contributed by atoms with Gasteiger partial charge in [-0.1, -0.05) is 90.4 Å². The number of hydrogen-bond acceptors (Lipinski definition) is 8. The first-order chi connectivity index (χ1) is 22.5. The van der Waals surface area contributed by atoms with Crippen molar-refractivity contribution in [3.05, 3.63) is 0 Å². The Hall–Kier alpha value is -3.20. The summed E-state index contributed by atoms with van der Waals surface area (Å²) in [5.74, 6) is -2.23. The highest BCUT2D eigenvalue weighted by Crippen LogP contribution is 2.14. The van der Waals surface area contributed by atoms with Crippen molar-refractivity contribution >= 4 is 54.4 Å². The van der Waals surface area contributed by atoms with E-state index >= 15 is 0 Å². The normalized spacial score (nSPS) is 11.3. The Morgan fingerprint density at radius 3 is 1.47 bits per heavy atom. The number of aliphatic carboxylic acids is 2. The Bertz CT molecular complexity index is 847. The number of aliphatic hydroxyl groups excluding tert-OH is 1. The highest BCUT2D eigenvalue weighted by molar-refractivity contribution is 7.96. The van der Waals surface area contributed by atoms with E-state index in [4.69, 9.17) is 20.1 Å². The van der Waals surface area contributed by atoms with Crippen molar-refractivity contribution in [2.45, 2.75) is 147 Å². The van der Waals surface area contributed by atoms with Crippen LogP contribution in [0.25, 0.3) is 0 Å². The average Bonchev–Trinajstić information content (AvgIpc) is 3.02.